The maximum Gasteiger partial charge on any atom is 0.413 e. The third-order valence-corrected chi connectivity index (χ3v) is 6.11. The molecule has 1 aromatic heterocycles. The second-order valence-electron chi connectivity index (χ2n) is 13.0. The number of thiazole rings is 1. The van der Waals surface area contributed by atoms with E-state index < -0.39 is 64.1 Å². The molecule has 2 aliphatic heterocycles. The minimum atomic E-state index is -1.86. The largest absolute Gasteiger partial charge is 0.457 e. The van der Waals surface area contributed by atoms with Crippen LogP contribution < -0.4 is 5.32 Å². The smallest absolute Gasteiger partial charge is 0.413 e. The summed E-state index contributed by atoms with van der Waals surface area (Å²) in [6.07, 6.45) is -1.84. The summed E-state index contributed by atoms with van der Waals surface area (Å²) < 4.78 is 16.1. The predicted octanol–water partition coefficient (Wildman–Crippen LogP) is 3.15. The number of amides is 4. The Labute approximate surface area is 257 Å². The fourth-order valence-corrected chi connectivity index (χ4v) is 4.24. The zero-order valence-electron chi connectivity index (χ0n) is 26.1. The second-order valence-corrected chi connectivity index (χ2v) is 13.8. The van der Waals surface area contributed by atoms with Crippen molar-refractivity contribution in [3.63, 3.8) is 0 Å². The van der Waals surface area contributed by atoms with Gasteiger partial charge in [0.05, 0.1) is 13.1 Å². The number of nitrogens with one attached hydrogen (secondary N) is 1. The van der Waals surface area contributed by atoms with Gasteiger partial charge >= 0.3 is 24.1 Å². The Balaban J connectivity index is 1.93. The van der Waals surface area contributed by atoms with Crippen LogP contribution in [-0.2, 0) is 43.1 Å². The van der Waals surface area contributed by atoms with Gasteiger partial charge in [0.2, 0.25) is 5.71 Å². The molecule has 2 fully saturated rings. The van der Waals surface area contributed by atoms with Gasteiger partial charge in [-0.15, -0.1) is 16.4 Å². The van der Waals surface area contributed by atoms with E-state index in [4.69, 9.17) is 23.9 Å². The van der Waals surface area contributed by atoms with Gasteiger partial charge in [0.1, 0.15) is 22.5 Å². The Morgan fingerprint density at radius 2 is 1.43 bits per heavy atom. The molecule has 1 aromatic rings. The average Bonchev–Trinajstić information content (AvgIpc) is 3.38. The number of oxime groups is 1. The Morgan fingerprint density at radius 1 is 0.886 bits per heavy atom. The highest BCUT2D eigenvalue weighted by molar-refractivity contribution is 7.14. The molecule has 3 rings (SSSR count). The molecule has 0 radical (unpaired) electrons. The van der Waals surface area contributed by atoms with E-state index in [2.05, 4.69) is 15.5 Å². The van der Waals surface area contributed by atoms with Crippen molar-refractivity contribution in [2.45, 2.75) is 97.6 Å². The summed E-state index contributed by atoms with van der Waals surface area (Å²) in [5.74, 6) is -3.68. The van der Waals surface area contributed by atoms with Crippen LogP contribution in [0.15, 0.2) is 10.5 Å². The highest BCUT2D eigenvalue weighted by Gasteiger charge is 2.58. The van der Waals surface area contributed by atoms with Crippen molar-refractivity contribution in [1.82, 2.24) is 14.9 Å². The van der Waals surface area contributed by atoms with Crippen LogP contribution in [0.4, 0.5) is 14.7 Å². The summed E-state index contributed by atoms with van der Waals surface area (Å²) in [4.78, 5) is 91.5. The first kappa shape index (κ1) is 34.2. The fraction of sp³-hybridized carbons (Fsp3) is 0.630. The number of esters is 1. The normalized spacial score (nSPS) is 17.1. The summed E-state index contributed by atoms with van der Waals surface area (Å²) in [7, 11) is 0. The summed E-state index contributed by atoms with van der Waals surface area (Å²) in [5, 5.41) is 7.92. The number of ether oxygens (including phenoxy) is 3. The molecular formula is C27H37N5O11S. The number of hydrogen-bond donors (Lipinski definition) is 1. The van der Waals surface area contributed by atoms with Gasteiger partial charge in [-0.05, 0) is 62.3 Å². The molecule has 0 saturated carbocycles. The second kappa shape index (κ2) is 12.4. The van der Waals surface area contributed by atoms with Crippen LogP contribution in [0.5, 0.6) is 0 Å². The maximum absolute atomic E-state index is 13.3. The van der Waals surface area contributed by atoms with E-state index in [1.54, 1.807) is 62.3 Å². The number of carbonyl (C=O) groups is 6. The quantitative estimate of drug-likeness (QED) is 0.151. The van der Waals surface area contributed by atoms with Crippen molar-refractivity contribution >= 4 is 58.1 Å². The number of hydroxylamine groups is 2. The van der Waals surface area contributed by atoms with Crippen LogP contribution >= 0.6 is 11.3 Å². The predicted molar refractivity (Wildman–Crippen MR) is 153 cm³/mol. The number of rotatable bonds is 7. The van der Waals surface area contributed by atoms with Gasteiger partial charge < -0.3 is 23.9 Å². The van der Waals surface area contributed by atoms with E-state index >= 15 is 0 Å². The maximum atomic E-state index is 13.3. The van der Waals surface area contributed by atoms with E-state index in [9.17, 15) is 28.8 Å². The summed E-state index contributed by atoms with van der Waals surface area (Å²) in [6, 6.07) is 0. The van der Waals surface area contributed by atoms with Crippen molar-refractivity contribution in [3.05, 3.63) is 11.1 Å². The third kappa shape index (κ3) is 9.11. The number of nitrogens with zero attached hydrogens (tertiary/aromatic N) is 4. The number of carbonyl (C=O) groups excluding carboxylic acids is 6. The highest BCUT2D eigenvalue weighted by atomic mass is 32.1. The molecule has 0 aromatic carbocycles. The Kier molecular flexibility index (Phi) is 9.62. The molecule has 0 unspecified atom stereocenters. The molecule has 0 spiro atoms. The number of aromatic nitrogens is 1. The van der Waals surface area contributed by atoms with E-state index in [-0.39, 0.29) is 36.8 Å². The third-order valence-electron chi connectivity index (χ3n) is 5.35. The van der Waals surface area contributed by atoms with Crippen molar-refractivity contribution in [2.24, 2.45) is 5.16 Å². The summed E-state index contributed by atoms with van der Waals surface area (Å²) in [6.45, 7) is 14.3. The molecule has 1 N–H and O–H groups in total. The van der Waals surface area contributed by atoms with Crippen LogP contribution in [0, 0.1) is 0 Å². The van der Waals surface area contributed by atoms with Gasteiger partial charge in [-0.25, -0.2) is 24.2 Å². The summed E-state index contributed by atoms with van der Waals surface area (Å²) in [5.41, 5.74) is -5.24. The number of hydrogen-bond acceptors (Lipinski definition) is 14. The molecule has 0 bridgehead atoms. The first-order valence-corrected chi connectivity index (χ1v) is 14.5. The van der Waals surface area contributed by atoms with E-state index in [1.165, 1.54) is 10.3 Å². The SMILES string of the molecule is CC(C)(C)OC(=O)Nc1nc(/C(=N/OC2(C(=O)OC(C)(C)C)CN(C(=O)OC(C)(C)C)C2)C(=O)ON2C(=O)CCC2=O)cs1. The first-order valence-electron chi connectivity index (χ1n) is 13.6. The van der Waals surface area contributed by atoms with E-state index in [0.29, 0.717) is 5.06 Å². The van der Waals surface area contributed by atoms with Gasteiger partial charge in [0.15, 0.2) is 5.13 Å². The molecule has 2 aliphatic rings. The molecule has 17 heteroatoms. The molecule has 0 atom stereocenters. The number of anilines is 1. The Morgan fingerprint density at radius 3 is 1.95 bits per heavy atom. The molecule has 2 saturated heterocycles. The van der Waals surface area contributed by atoms with Gasteiger partial charge in [0, 0.05) is 18.2 Å². The van der Waals surface area contributed by atoms with Crippen molar-refractivity contribution in [3.8, 4) is 0 Å². The highest BCUT2D eigenvalue weighted by Crippen LogP contribution is 2.31. The molecule has 4 amide bonds. The molecular weight excluding hydrogens is 602 g/mol. The zero-order chi connectivity index (χ0) is 33.3. The van der Waals surface area contributed by atoms with Crippen molar-refractivity contribution < 1.29 is 52.7 Å². The minimum Gasteiger partial charge on any atom is -0.457 e. The molecule has 44 heavy (non-hydrogen) atoms. The van der Waals surface area contributed by atoms with Crippen LogP contribution in [0.3, 0.4) is 0 Å². The zero-order valence-corrected chi connectivity index (χ0v) is 26.9. The van der Waals surface area contributed by atoms with Gasteiger partial charge in [-0.2, -0.15) is 0 Å². The lowest BCUT2D eigenvalue weighted by Gasteiger charge is -2.45. The Hall–Kier alpha value is -4.28. The van der Waals surface area contributed by atoms with Crippen LogP contribution in [0.1, 0.15) is 80.8 Å². The van der Waals surface area contributed by atoms with Crippen LogP contribution in [0.2, 0.25) is 0 Å². The van der Waals surface area contributed by atoms with E-state index in [0.717, 1.165) is 11.3 Å². The van der Waals surface area contributed by atoms with Gasteiger partial charge in [-0.1, -0.05) is 5.16 Å². The van der Waals surface area contributed by atoms with E-state index in [1.807, 2.05) is 0 Å². The molecule has 242 valence electrons. The molecule has 0 aliphatic carbocycles. The lowest BCUT2D eigenvalue weighted by Crippen LogP contribution is -2.69. The topological polar surface area (TPSA) is 192 Å². The van der Waals surface area contributed by atoms with Gasteiger partial charge in [-0.3, -0.25) is 19.8 Å². The Bertz CT molecular complexity index is 1350. The number of imide groups is 1. The van der Waals surface area contributed by atoms with Crippen molar-refractivity contribution in [1.29, 1.82) is 0 Å². The summed E-state index contributed by atoms with van der Waals surface area (Å²) >= 11 is 0.894. The van der Waals surface area contributed by atoms with Crippen molar-refractivity contribution in [2.75, 3.05) is 18.4 Å². The lowest BCUT2D eigenvalue weighted by atomic mass is 9.94. The lowest BCUT2D eigenvalue weighted by molar-refractivity contribution is -0.205. The standard InChI is InChI=1S/C27H37N5O11S/c1-24(2,3)39-20(36)27(13-31(14-27)23(38)41-26(7,8)9)43-30-18(19(35)42-32-16(33)10-11-17(32)34)15-12-44-21(28-15)29-22(37)40-25(4,5)6/h12H,10-11,13-14H2,1-9H3,(H,28,29,37)/b30-18-. The monoisotopic (exact) mass is 639 g/mol. The fourth-order valence-electron chi connectivity index (χ4n) is 3.56. The van der Waals surface area contributed by atoms with Crippen LogP contribution in [-0.4, -0.2) is 92.1 Å². The molecule has 16 nitrogen and oxygen atoms in total. The first-order chi connectivity index (χ1) is 20.1. The average molecular weight is 640 g/mol. The van der Waals surface area contributed by atoms with Crippen LogP contribution in [0.25, 0.3) is 0 Å². The number of likely N-dealkylation sites (tertiary alicyclic amines) is 1. The van der Waals surface area contributed by atoms with Gasteiger partial charge in [0.25, 0.3) is 17.4 Å². The molecule has 3 heterocycles. The minimum absolute atomic E-state index is 0.00433.